The fraction of sp³-hybridized carbons (Fsp3) is 0.882. The number of likely N-dealkylation sites (tertiary alicyclic amines) is 1. The number of carbonyl (C=O) groups is 2. The molecule has 0 aromatic carbocycles. The summed E-state index contributed by atoms with van der Waals surface area (Å²) in [5.74, 6) is -1.95. The summed E-state index contributed by atoms with van der Waals surface area (Å²) in [6.45, 7) is 4.13. The SMILES string of the molecule is CNC(=O)[C@@H]1CC[C@@H]2[C@@H](CCN2CC2CCOCC2)O1.O=C(O)C(F)(F)F. The second kappa shape index (κ2) is 9.70. The molecule has 156 valence electrons. The van der Waals surface area contributed by atoms with Gasteiger partial charge in [0.1, 0.15) is 6.10 Å². The van der Waals surface area contributed by atoms with Crippen LogP contribution in [0.2, 0.25) is 0 Å². The maximum Gasteiger partial charge on any atom is 0.490 e. The maximum atomic E-state index is 11.7. The second-order valence-corrected chi connectivity index (χ2v) is 7.06. The van der Waals surface area contributed by atoms with Gasteiger partial charge in [0.05, 0.1) is 6.10 Å². The van der Waals surface area contributed by atoms with Gasteiger partial charge in [0.25, 0.3) is 0 Å². The number of carboxylic acid groups (broad SMARTS) is 1. The topological polar surface area (TPSA) is 88.1 Å². The first kappa shape index (κ1) is 21.9. The standard InChI is InChI=1S/C15H26N2O3.C2HF3O2/c1-16-15(18)14-3-2-12-13(20-14)4-7-17(12)10-11-5-8-19-9-6-11;3-2(4,5)1(6)7/h11-14H,2-10H2,1H3,(H,16,18);(H,6,7)/t12-,13-,14+;/m1./s1. The monoisotopic (exact) mass is 396 g/mol. The summed E-state index contributed by atoms with van der Waals surface area (Å²) in [6, 6.07) is 0.527. The average molecular weight is 396 g/mol. The molecule has 0 aliphatic carbocycles. The number of alkyl halides is 3. The van der Waals surface area contributed by atoms with Gasteiger partial charge in [-0.2, -0.15) is 13.2 Å². The van der Waals surface area contributed by atoms with Crippen molar-refractivity contribution in [3.05, 3.63) is 0 Å². The van der Waals surface area contributed by atoms with E-state index in [4.69, 9.17) is 19.4 Å². The Morgan fingerprint density at radius 3 is 2.33 bits per heavy atom. The van der Waals surface area contributed by atoms with Gasteiger partial charge in [-0.1, -0.05) is 0 Å². The first-order chi connectivity index (χ1) is 12.7. The van der Waals surface area contributed by atoms with E-state index in [0.717, 1.165) is 44.9 Å². The van der Waals surface area contributed by atoms with Gasteiger partial charge in [0, 0.05) is 39.4 Å². The molecular formula is C17H27F3N2O5. The number of carbonyl (C=O) groups excluding carboxylic acids is 1. The molecular weight excluding hydrogens is 369 g/mol. The first-order valence-corrected chi connectivity index (χ1v) is 9.21. The maximum absolute atomic E-state index is 11.7. The van der Waals surface area contributed by atoms with E-state index in [1.165, 1.54) is 19.4 Å². The molecule has 3 heterocycles. The molecule has 3 atom stereocenters. The molecule has 0 aromatic rings. The number of fused-ring (bicyclic) bond motifs is 1. The summed E-state index contributed by atoms with van der Waals surface area (Å²) < 4.78 is 43.2. The third-order valence-electron chi connectivity index (χ3n) is 5.28. The number of amides is 1. The number of likely N-dealkylation sites (N-methyl/N-ethyl adjacent to an activating group) is 1. The minimum atomic E-state index is -5.08. The first-order valence-electron chi connectivity index (χ1n) is 9.21. The summed E-state index contributed by atoms with van der Waals surface area (Å²) >= 11 is 0. The van der Waals surface area contributed by atoms with Gasteiger partial charge in [0.2, 0.25) is 5.91 Å². The molecule has 3 fully saturated rings. The predicted octanol–water partition coefficient (Wildman–Crippen LogP) is 1.41. The lowest BCUT2D eigenvalue weighted by atomic mass is 9.96. The van der Waals surface area contributed by atoms with E-state index in [1.807, 2.05) is 0 Å². The molecule has 3 aliphatic rings. The Labute approximate surface area is 156 Å². The van der Waals surface area contributed by atoms with Crippen molar-refractivity contribution in [3.63, 3.8) is 0 Å². The molecule has 7 nitrogen and oxygen atoms in total. The van der Waals surface area contributed by atoms with Crippen molar-refractivity contribution >= 4 is 11.9 Å². The van der Waals surface area contributed by atoms with Crippen molar-refractivity contribution < 1.29 is 37.3 Å². The normalized spacial score (nSPS) is 29.4. The minimum absolute atomic E-state index is 0.0336. The van der Waals surface area contributed by atoms with Gasteiger partial charge >= 0.3 is 12.1 Å². The molecule has 0 bridgehead atoms. The number of hydrogen-bond donors (Lipinski definition) is 2. The number of ether oxygens (including phenoxy) is 2. The molecule has 3 saturated heterocycles. The van der Waals surface area contributed by atoms with Crippen LogP contribution in [-0.4, -0.2) is 79.7 Å². The van der Waals surface area contributed by atoms with Crippen LogP contribution in [0, 0.1) is 5.92 Å². The van der Waals surface area contributed by atoms with E-state index in [1.54, 1.807) is 7.05 Å². The van der Waals surface area contributed by atoms with E-state index in [-0.39, 0.29) is 18.1 Å². The molecule has 10 heteroatoms. The molecule has 0 spiro atoms. The molecule has 3 rings (SSSR count). The number of rotatable bonds is 3. The van der Waals surface area contributed by atoms with Crippen molar-refractivity contribution in [2.24, 2.45) is 5.92 Å². The number of aliphatic carboxylic acids is 1. The highest BCUT2D eigenvalue weighted by Gasteiger charge is 2.42. The van der Waals surface area contributed by atoms with Gasteiger partial charge in [-0.15, -0.1) is 0 Å². The molecule has 0 unspecified atom stereocenters. The van der Waals surface area contributed by atoms with Gasteiger partial charge in [0.15, 0.2) is 0 Å². The summed E-state index contributed by atoms with van der Waals surface area (Å²) in [6.07, 6.45) is 0.333. The zero-order chi connectivity index (χ0) is 20.0. The molecule has 0 radical (unpaired) electrons. The Hall–Kier alpha value is -1.39. The Kier molecular flexibility index (Phi) is 7.87. The zero-order valence-corrected chi connectivity index (χ0v) is 15.3. The summed E-state index contributed by atoms with van der Waals surface area (Å²) in [4.78, 5) is 23.2. The van der Waals surface area contributed by atoms with Crippen molar-refractivity contribution in [2.45, 2.75) is 56.5 Å². The fourth-order valence-corrected chi connectivity index (χ4v) is 3.86. The van der Waals surface area contributed by atoms with Crippen molar-refractivity contribution in [2.75, 3.05) is 33.4 Å². The summed E-state index contributed by atoms with van der Waals surface area (Å²) in [5.41, 5.74) is 0. The van der Waals surface area contributed by atoms with E-state index < -0.39 is 12.1 Å². The Bertz CT molecular complexity index is 511. The second-order valence-electron chi connectivity index (χ2n) is 7.06. The van der Waals surface area contributed by atoms with Crippen LogP contribution in [0.15, 0.2) is 0 Å². The minimum Gasteiger partial charge on any atom is -0.475 e. The van der Waals surface area contributed by atoms with Gasteiger partial charge < -0.3 is 19.9 Å². The van der Waals surface area contributed by atoms with E-state index in [2.05, 4.69) is 10.2 Å². The van der Waals surface area contributed by atoms with Crippen molar-refractivity contribution in [1.82, 2.24) is 10.2 Å². The molecule has 0 aromatic heterocycles. The van der Waals surface area contributed by atoms with E-state index in [9.17, 15) is 18.0 Å². The van der Waals surface area contributed by atoms with Gasteiger partial charge in [-0.3, -0.25) is 9.69 Å². The highest BCUT2D eigenvalue weighted by Crippen LogP contribution is 2.33. The predicted molar refractivity (Wildman–Crippen MR) is 89.2 cm³/mol. The largest absolute Gasteiger partial charge is 0.490 e. The Morgan fingerprint density at radius 2 is 1.78 bits per heavy atom. The highest BCUT2D eigenvalue weighted by molar-refractivity contribution is 5.80. The zero-order valence-electron chi connectivity index (χ0n) is 15.3. The van der Waals surface area contributed by atoms with Crippen LogP contribution in [0.4, 0.5) is 13.2 Å². The Balaban J connectivity index is 0.000000321. The van der Waals surface area contributed by atoms with Crippen LogP contribution in [0.25, 0.3) is 0 Å². The van der Waals surface area contributed by atoms with Crippen LogP contribution in [0.5, 0.6) is 0 Å². The van der Waals surface area contributed by atoms with Crippen LogP contribution in [-0.2, 0) is 19.1 Å². The number of halogens is 3. The summed E-state index contributed by atoms with van der Waals surface area (Å²) in [5, 5.41) is 9.83. The number of nitrogens with one attached hydrogen (secondary N) is 1. The quantitative estimate of drug-likeness (QED) is 0.750. The number of nitrogens with zero attached hydrogens (tertiary/aromatic N) is 1. The molecule has 27 heavy (non-hydrogen) atoms. The third-order valence-corrected chi connectivity index (χ3v) is 5.28. The average Bonchev–Trinajstić information content (AvgIpc) is 3.03. The number of hydrogen-bond acceptors (Lipinski definition) is 5. The van der Waals surface area contributed by atoms with Crippen LogP contribution >= 0.6 is 0 Å². The lowest BCUT2D eigenvalue weighted by Gasteiger charge is -2.37. The lowest BCUT2D eigenvalue weighted by Crippen LogP contribution is -2.48. The van der Waals surface area contributed by atoms with Crippen molar-refractivity contribution in [1.29, 1.82) is 0 Å². The van der Waals surface area contributed by atoms with Crippen LogP contribution in [0.3, 0.4) is 0 Å². The van der Waals surface area contributed by atoms with E-state index in [0.29, 0.717) is 6.04 Å². The van der Waals surface area contributed by atoms with Gasteiger partial charge in [-0.25, -0.2) is 4.79 Å². The fourth-order valence-electron chi connectivity index (χ4n) is 3.86. The summed E-state index contributed by atoms with van der Waals surface area (Å²) in [7, 11) is 1.68. The molecule has 3 aliphatic heterocycles. The smallest absolute Gasteiger partial charge is 0.475 e. The van der Waals surface area contributed by atoms with Crippen molar-refractivity contribution in [3.8, 4) is 0 Å². The van der Waals surface area contributed by atoms with E-state index >= 15 is 0 Å². The third kappa shape index (κ3) is 6.32. The molecule has 2 N–H and O–H groups in total. The highest BCUT2D eigenvalue weighted by atomic mass is 19.4. The van der Waals surface area contributed by atoms with Crippen LogP contribution < -0.4 is 5.32 Å². The lowest BCUT2D eigenvalue weighted by molar-refractivity contribution is -0.192. The van der Waals surface area contributed by atoms with Crippen LogP contribution in [0.1, 0.15) is 32.1 Å². The number of carboxylic acids is 1. The molecule has 1 amide bonds. The Morgan fingerprint density at radius 1 is 1.15 bits per heavy atom. The van der Waals surface area contributed by atoms with Gasteiger partial charge in [-0.05, 0) is 38.0 Å². The molecule has 0 saturated carbocycles.